The lowest BCUT2D eigenvalue weighted by molar-refractivity contribution is 0.103. The van der Waals surface area contributed by atoms with Gasteiger partial charge in [0.05, 0.1) is 0 Å². The van der Waals surface area contributed by atoms with Gasteiger partial charge in [-0.1, -0.05) is 76.2 Å². The van der Waals surface area contributed by atoms with Crippen molar-refractivity contribution in [1.82, 2.24) is 0 Å². The van der Waals surface area contributed by atoms with Crippen LogP contribution in [0.4, 0.5) is 0 Å². The van der Waals surface area contributed by atoms with E-state index in [0.29, 0.717) is 34.1 Å². The van der Waals surface area contributed by atoms with E-state index in [0.717, 1.165) is 22.3 Å². The third-order valence-electron chi connectivity index (χ3n) is 9.03. The van der Waals surface area contributed by atoms with Crippen molar-refractivity contribution < 1.29 is 24.5 Å². The van der Waals surface area contributed by atoms with Gasteiger partial charge in [-0.2, -0.15) is 0 Å². The molecule has 6 aromatic rings. The summed E-state index contributed by atoms with van der Waals surface area (Å²) in [5.41, 5.74) is 5.12. The quantitative estimate of drug-likeness (QED) is 0.147. The Labute approximate surface area is 281 Å². The number of carbonyl (C=O) groups is 1. The van der Waals surface area contributed by atoms with Crippen molar-refractivity contribution in [3.8, 4) is 34.5 Å². The Morgan fingerprint density at radius 3 is 0.896 bits per heavy atom. The summed E-state index contributed by atoms with van der Waals surface area (Å²) in [6.07, 6.45) is 0. The van der Waals surface area contributed by atoms with E-state index in [2.05, 4.69) is 27.7 Å². The van der Waals surface area contributed by atoms with Gasteiger partial charge in [0.25, 0.3) is 0 Å². The maximum Gasteiger partial charge on any atom is 0.193 e. The van der Waals surface area contributed by atoms with Gasteiger partial charge in [0.15, 0.2) is 5.78 Å². The monoisotopic (exact) mass is 634 g/mol. The molecule has 0 atom stereocenters. The Kier molecular flexibility index (Phi) is 8.79. The fourth-order valence-corrected chi connectivity index (χ4v) is 5.76. The largest absolute Gasteiger partial charge is 0.508 e. The minimum Gasteiger partial charge on any atom is -0.508 e. The SMILES string of the molecule is CC(C)(c1ccc(O)cc1)c1ccc(Oc2ccc(C(=O)c3ccc(Oc4ccc(C(C)(C)c5ccc(O)cc5)cc4)cc3)cc2)cc1. The highest BCUT2D eigenvalue weighted by atomic mass is 16.5. The zero-order chi connectivity index (χ0) is 33.9. The highest BCUT2D eigenvalue weighted by Gasteiger charge is 2.24. The number of phenolic OH excluding ortho intramolecular Hbond substituents is 2. The molecule has 0 aliphatic carbocycles. The average Bonchev–Trinajstić information content (AvgIpc) is 3.09. The number of ketones is 1. The van der Waals surface area contributed by atoms with Crippen LogP contribution in [0.1, 0.15) is 65.9 Å². The highest BCUT2D eigenvalue weighted by molar-refractivity contribution is 6.09. The van der Waals surface area contributed by atoms with Gasteiger partial charge in [-0.25, -0.2) is 0 Å². The van der Waals surface area contributed by atoms with Gasteiger partial charge in [0.1, 0.15) is 34.5 Å². The second-order valence-corrected chi connectivity index (χ2v) is 13.0. The van der Waals surface area contributed by atoms with Crippen molar-refractivity contribution in [3.63, 3.8) is 0 Å². The predicted molar refractivity (Wildman–Crippen MR) is 190 cm³/mol. The summed E-state index contributed by atoms with van der Waals surface area (Å²) in [6, 6.07) is 44.8. The van der Waals surface area contributed by atoms with Gasteiger partial charge < -0.3 is 19.7 Å². The Balaban J connectivity index is 1.06. The summed E-state index contributed by atoms with van der Waals surface area (Å²) >= 11 is 0. The predicted octanol–water partition coefficient (Wildman–Crippen LogP) is 10.6. The van der Waals surface area contributed by atoms with E-state index in [1.54, 1.807) is 72.8 Å². The summed E-state index contributed by atoms with van der Waals surface area (Å²) in [7, 11) is 0. The molecule has 0 unspecified atom stereocenters. The molecular formula is C43H38O5. The third-order valence-corrected chi connectivity index (χ3v) is 9.03. The van der Waals surface area contributed by atoms with Crippen molar-refractivity contribution in [2.45, 2.75) is 38.5 Å². The van der Waals surface area contributed by atoms with Crippen LogP contribution in [0.2, 0.25) is 0 Å². The van der Waals surface area contributed by atoms with Crippen LogP contribution in [-0.2, 0) is 10.8 Å². The molecule has 6 aromatic carbocycles. The molecule has 6 rings (SSSR count). The van der Waals surface area contributed by atoms with Crippen molar-refractivity contribution >= 4 is 5.78 Å². The van der Waals surface area contributed by atoms with Gasteiger partial charge >= 0.3 is 0 Å². The van der Waals surface area contributed by atoms with Crippen molar-refractivity contribution in [2.75, 3.05) is 0 Å². The molecule has 0 amide bonds. The molecule has 0 radical (unpaired) electrons. The van der Waals surface area contributed by atoms with Crippen LogP contribution in [-0.4, -0.2) is 16.0 Å². The summed E-state index contributed by atoms with van der Waals surface area (Å²) in [5, 5.41) is 19.3. The fraction of sp³-hybridized carbons (Fsp3) is 0.140. The number of hydrogen-bond donors (Lipinski definition) is 2. The second kappa shape index (κ2) is 13.1. The van der Waals surface area contributed by atoms with E-state index in [1.165, 1.54) is 0 Å². The first-order chi connectivity index (χ1) is 23.0. The topological polar surface area (TPSA) is 76.0 Å². The lowest BCUT2D eigenvalue weighted by Crippen LogP contribution is -2.18. The summed E-state index contributed by atoms with van der Waals surface area (Å²) < 4.78 is 12.1. The van der Waals surface area contributed by atoms with Crippen molar-refractivity contribution in [1.29, 1.82) is 0 Å². The van der Waals surface area contributed by atoms with Crippen LogP contribution >= 0.6 is 0 Å². The third kappa shape index (κ3) is 6.96. The molecular weight excluding hydrogens is 596 g/mol. The molecule has 5 heteroatoms. The standard InChI is InChI=1S/C43H38O5/c1-42(2,31-9-17-35(44)18-10-31)33-13-25-39(26-14-33)47-37-21-5-29(6-22-37)41(46)30-7-23-38(24-8-30)48-40-27-15-34(16-28-40)43(3,4)32-11-19-36(45)20-12-32/h5-28,44-45H,1-4H3. The number of hydrogen-bond acceptors (Lipinski definition) is 5. The Bertz CT molecular complexity index is 1840. The molecule has 2 N–H and O–H groups in total. The lowest BCUT2D eigenvalue weighted by Gasteiger charge is -2.26. The van der Waals surface area contributed by atoms with Gasteiger partial charge in [0.2, 0.25) is 0 Å². The molecule has 48 heavy (non-hydrogen) atoms. The van der Waals surface area contributed by atoms with E-state index < -0.39 is 0 Å². The van der Waals surface area contributed by atoms with Gasteiger partial charge in [0, 0.05) is 22.0 Å². The van der Waals surface area contributed by atoms with Crippen LogP contribution in [0.15, 0.2) is 146 Å². The smallest absolute Gasteiger partial charge is 0.193 e. The van der Waals surface area contributed by atoms with Crippen LogP contribution in [0.5, 0.6) is 34.5 Å². The molecule has 0 fully saturated rings. The Morgan fingerprint density at radius 1 is 0.396 bits per heavy atom. The molecule has 0 saturated heterocycles. The molecule has 0 bridgehead atoms. The first-order valence-electron chi connectivity index (χ1n) is 15.9. The average molecular weight is 635 g/mol. The van der Waals surface area contributed by atoms with Crippen molar-refractivity contribution in [2.24, 2.45) is 0 Å². The maximum absolute atomic E-state index is 13.2. The summed E-state index contributed by atoms with van der Waals surface area (Å²) in [5.74, 6) is 3.09. The van der Waals surface area contributed by atoms with Gasteiger partial charge in [-0.3, -0.25) is 4.79 Å². The summed E-state index contributed by atoms with van der Waals surface area (Å²) in [6.45, 7) is 8.58. The highest BCUT2D eigenvalue weighted by Crippen LogP contribution is 2.35. The van der Waals surface area contributed by atoms with Crippen molar-refractivity contribution in [3.05, 3.63) is 179 Å². The van der Waals surface area contributed by atoms with E-state index in [4.69, 9.17) is 9.47 Å². The van der Waals surface area contributed by atoms with Crippen LogP contribution in [0, 0.1) is 0 Å². The van der Waals surface area contributed by atoms with Crippen LogP contribution in [0.25, 0.3) is 0 Å². The molecule has 0 spiro atoms. The molecule has 0 aromatic heterocycles. The molecule has 0 aliphatic heterocycles. The molecule has 240 valence electrons. The fourth-order valence-electron chi connectivity index (χ4n) is 5.76. The lowest BCUT2D eigenvalue weighted by atomic mass is 9.78. The maximum atomic E-state index is 13.2. The normalized spacial score (nSPS) is 11.6. The van der Waals surface area contributed by atoms with Crippen LogP contribution < -0.4 is 9.47 Å². The molecule has 5 nitrogen and oxygen atoms in total. The van der Waals surface area contributed by atoms with E-state index in [9.17, 15) is 15.0 Å². The van der Waals surface area contributed by atoms with Gasteiger partial charge in [-0.15, -0.1) is 0 Å². The van der Waals surface area contributed by atoms with E-state index in [1.807, 2.05) is 72.8 Å². The zero-order valence-corrected chi connectivity index (χ0v) is 27.5. The number of carbonyl (C=O) groups excluding carboxylic acids is 1. The van der Waals surface area contributed by atoms with Gasteiger partial charge in [-0.05, 0) is 119 Å². The molecule has 0 aliphatic rings. The first-order valence-corrected chi connectivity index (χ1v) is 15.9. The van der Waals surface area contributed by atoms with E-state index >= 15 is 0 Å². The second-order valence-electron chi connectivity index (χ2n) is 13.0. The number of rotatable bonds is 10. The number of phenols is 2. The number of benzene rings is 6. The Hall–Kier alpha value is -5.81. The summed E-state index contributed by atoms with van der Waals surface area (Å²) in [4.78, 5) is 13.2. The zero-order valence-electron chi connectivity index (χ0n) is 27.5. The molecule has 0 saturated carbocycles. The Morgan fingerprint density at radius 2 is 0.625 bits per heavy atom. The minimum absolute atomic E-state index is 0.0882. The molecule has 0 heterocycles. The van der Waals surface area contributed by atoms with E-state index in [-0.39, 0.29) is 28.1 Å². The number of aromatic hydroxyl groups is 2. The van der Waals surface area contributed by atoms with Crippen LogP contribution in [0.3, 0.4) is 0 Å². The first kappa shape index (κ1) is 32.1. The minimum atomic E-state index is -0.238. The number of ether oxygens (including phenoxy) is 2.